The van der Waals surface area contributed by atoms with E-state index in [1.54, 1.807) is 0 Å². The van der Waals surface area contributed by atoms with Crippen molar-refractivity contribution in [1.29, 1.82) is 0 Å². The molecule has 3 aromatic heterocycles. The van der Waals surface area contributed by atoms with E-state index in [2.05, 4.69) is 161 Å². The van der Waals surface area contributed by atoms with Gasteiger partial charge in [-0.05, 0) is 82.6 Å². The zero-order valence-electron chi connectivity index (χ0n) is 27.4. The van der Waals surface area contributed by atoms with Gasteiger partial charge in [0, 0.05) is 53.1 Å². The summed E-state index contributed by atoms with van der Waals surface area (Å²) in [5.74, 6) is 0. The van der Waals surface area contributed by atoms with Crippen LogP contribution in [0.4, 0.5) is 0 Å². The second-order valence-corrected chi connectivity index (χ2v) is 13.9. The molecule has 228 valence electrons. The van der Waals surface area contributed by atoms with E-state index in [-0.39, 0.29) is 0 Å². The van der Waals surface area contributed by atoms with Crippen molar-refractivity contribution in [3.63, 3.8) is 0 Å². The van der Waals surface area contributed by atoms with Gasteiger partial charge in [-0.2, -0.15) is 0 Å². The van der Waals surface area contributed by atoms with Crippen molar-refractivity contribution in [3.05, 3.63) is 170 Å². The van der Waals surface area contributed by atoms with Crippen molar-refractivity contribution in [2.45, 2.75) is 0 Å². The summed E-state index contributed by atoms with van der Waals surface area (Å²) in [5, 5.41) is 10.1. The molecule has 0 saturated heterocycles. The van der Waals surface area contributed by atoms with Gasteiger partial charge < -0.3 is 9.13 Å². The summed E-state index contributed by atoms with van der Waals surface area (Å²) in [6, 6.07) is 59.7. The van der Waals surface area contributed by atoms with E-state index >= 15 is 0 Å². The molecule has 0 bridgehead atoms. The van der Waals surface area contributed by atoms with Crippen molar-refractivity contribution in [3.8, 4) is 22.5 Å². The molecular weight excluding hydrogens is 613 g/mol. The maximum atomic E-state index is 8.04. The second kappa shape index (κ2) is 10.2. The molecule has 3 heterocycles. The SMILES string of the molecule is [2H]c1ccc(-c2cccc3sc4ccc(-n5c6ccccc6c6cc7c8c9ccccc9ccc8n(-c8ccccc8)c7cc65)cc4c23)cc1. The zero-order chi connectivity index (χ0) is 32.9. The standard InChI is InChI=1S/C46H28N2S/c1-3-12-29(13-4-1)34-19-11-21-44-46(34)38-26-32(23-25-43(38)49-44)48-39-20-10-9-18-35(39)36-27-37-42(28-41(36)48)47(31-15-5-2-6-16-31)40-24-22-30-14-7-8-17-33(30)45(37)40/h1-28H/i1D. The molecule has 3 heteroatoms. The predicted octanol–water partition coefficient (Wildman–Crippen LogP) is 13.1. The van der Waals surface area contributed by atoms with E-state index in [1.807, 2.05) is 23.5 Å². The van der Waals surface area contributed by atoms with E-state index in [9.17, 15) is 0 Å². The molecule has 2 nitrogen and oxygen atoms in total. The molecule has 8 aromatic carbocycles. The third-order valence-corrected chi connectivity index (χ3v) is 11.4. The Balaban J connectivity index is 1.25. The van der Waals surface area contributed by atoms with Crippen molar-refractivity contribution in [2.75, 3.05) is 0 Å². The molecule has 0 spiro atoms. The summed E-state index contributed by atoms with van der Waals surface area (Å²) in [7, 11) is 0. The van der Waals surface area contributed by atoms with Crippen molar-refractivity contribution in [1.82, 2.24) is 9.13 Å². The fourth-order valence-corrected chi connectivity index (χ4v) is 9.26. The maximum Gasteiger partial charge on any atom is 0.0623 e. The fraction of sp³-hybridized carbons (Fsp3) is 0. The van der Waals surface area contributed by atoms with Gasteiger partial charge in [-0.1, -0.05) is 109 Å². The molecule has 11 rings (SSSR count). The lowest BCUT2D eigenvalue weighted by Crippen LogP contribution is -1.95. The summed E-state index contributed by atoms with van der Waals surface area (Å²) in [6.07, 6.45) is 0. The van der Waals surface area contributed by atoms with Crippen LogP contribution in [0.2, 0.25) is 0 Å². The second-order valence-electron chi connectivity index (χ2n) is 12.8. The van der Waals surface area contributed by atoms with Crippen LogP contribution in [0.1, 0.15) is 1.37 Å². The molecule has 0 unspecified atom stereocenters. The first-order chi connectivity index (χ1) is 24.7. The molecule has 0 radical (unpaired) electrons. The monoisotopic (exact) mass is 641 g/mol. The average Bonchev–Trinajstić information content (AvgIpc) is 3.81. The van der Waals surface area contributed by atoms with Gasteiger partial charge >= 0.3 is 0 Å². The van der Waals surface area contributed by atoms with Gasteiger partial charge in [0.05, 0.1) is 23.4 Å². The molecule has 0 atom stereocenters. The lowest BCUT2D eigenvalue weighted by atomic mass is 9.99. The summed E-state index contributed by atoms with van der Waals surface area (Å²) in [4.78, 5) is 0. The topological polar surface area (TPSA) is 9.86 Å². The third kappa shape index (κ3) is 3.82. The predicted molar refractivity (Wildman–Crippen MR) is 211 cm³/mol. The highest BCUT2D eigenvalue weighted by Crippen LogP contribution is 2.44. The summed E-state index contributed by atoms with van der Waals surface area (Å²) >= 11 is 1.84. The number of para-hydroxylation sites is 2. The van der Waals surface area contributed by atoms with Gasteiger partial charge in [0.2, 0.25) is 0 Å². The van der Waals surface area contributed by atoms with Gasteiger partial charge in [0.1, 0.15) is 0 Å². The van der Waals surface area contributed by atoms with Crippen LogP contribution in [0, 0.1) is 0 Å². The quantitative estimate of drug-likeness (QED) is 0.182. The van der Waals surface area contributed by atoms with Crippen LogP contribution in [0.5, 0.6) is 0 Å². The van der Waals surface area contributed by atoms with Crippen molar-refractivity contribution >= 4 is 85.9 Å². The Morgan fingerprint density at radius 1 is 0.408 bits per heavy atom. The number of hydrogen-bond acceptors (Lipinski definition) is 1. The molecule has 0 aliphatic rings. The highest BCUT2D eigenvalue weighted by Gasteiger charge is 2.20. The van der Waals surface area contributed by atoms with Crippen LogP contribution in [-0.4, -0.2) is 9.13 Å². The van der Waals surface area contributed by atoms with E-state index in [0.717, 1.165) is 16.9 Å². The number of rotatable bonds is 3. The van der Waals surface area contributed by atoms with E-state index in [0.29, 0.717) is 6.04 Å². The van der Waals surface area contributed by atoms with Crippen molar-refractivity contribution < 1.29 is 1.37 Å². The molecule has 11 aromatic rings. The molecule has 0 saturated carbocycles. The number of fused-ring (bicyclic) bond motifs is 11. The number of aromatic nitrogens is 2. The van der Waals surface area contributed by atoms with Gasteiger partial charge in [0.25, 0.3) is 0 Å². The van der Waals surface area contributed by atoms with Gasteiger partial charge in [-0.3, -0.25) is 0 Å². The molecule has 0 fully saturated rings. The molecule has 0 N–H and O–H groups in total. The van der Waals surface area contributed by atoms with Crippen LogP contribution < -0.4 is 0 Å². The van der Waals surface area contributed by atoms with Gasteiger partial charge in [-0.15, -0.1) is 11.3 Å². The molecule has 0 aliphatic heterocycles. The van der Waals surface area contributed by atoms with Crippen LogP contribution in [0.25, 0.3) is 97.1 Å². The van der Waals surface area contributed by atoms with Crippen LogP contribution in [-0.2, 0) is 0 Å². The Hall–Kier alpha value is -6.16. The Morgan fingerprint density at radius 2 is 1.18 bits per heavy atom. The summed E-state index contributed by atoms with van der Waals surface area (Å²) in [5.41, 5.74) is 9.43. The Morgan fingerprint density at radius 3 is 2.08 bits per heavy atom. The normalized spacial score (nSPS) is 12.4. The Kier molecular flexibility index (Phi) is 5.37. The first kappa shape index (κ1) is 25.9. The van der Waals surface area contributed by atoms with Gasteiger partial charge in [-0.25, -0.2) is 0 Å². The third-order valence-electron chi connectivity index (χ3n) is 10.2. The Labute approximate surface area is 287 Å². The Bertz CT molecular complexity index is 3150. The first-order valence-electron chi connectivity index (χ1n) is 17.2. The van der Waals surface area contributed by atoms with Crippen LogP contribution in [0.3, 0.4) is 0 Å². The molecular formula is C46H28N2S. The molecule has 0 aliphatic carbocycles. The first-order valence-corrected chi connectivity index (χ1v) is 17.5. The van der Waals surface area contributed by atoms with E-state index < -0.39 is 0 Å². The van der Waals surface area contributed by atoms with Crippen LogP contribution in [0.15, 0.2) is 170 Å². The van der Waals surface area contributed by atoms with Crippen molar-refractivity contribution in [2.24, 2.45) is 0 Å². The smallest absolute Gasteiger partial charge is 0.0623 e. The number of nitrogens with zero attached hydrogens (tertiary/aromatic N) is 2. The molecule has 0 amide bonds. The largest absolute Gasteiger partial charge is 0.309 e. The number of thiophene rings is 1. The average molecular weight is 642 g/mol. The number of benzene rings is 8. The molecule has 49 heavy (non-hydrogen) atoms. The number of hydrogen-bond donors (Lipinski definition) is 0. The zero-order valence-corrected chi connectivity index (χ0v) is 27.2. The summed E-state index contributed by atoms with van der Waals surface area (Å²) < 4.78 is 15.5. The maximum absolute atomic E-state index is 8.04. The minimum Gasteiger partial charge on any atom is -0.309 e. The lowest BCUT2D eigenvalue weighted by Gasteiger charge is -2.11. The minimum absolute atomic E-state index is 0.526. The van der Waals surface area contributed by atoms with E-state index in [4.69, 9.17) is 1.37 Å². The lowest BCUT2D eigenvalue weighted by molar-refractivity contribution is 1.17. The van der Waals surface area contributed by atoms with Crippen LogP contribution >= 0.6 is 11.3 Å². The highest BCUT2D eigenvalue weighted by atomic mass is 32.1. The minimum atomic E-state index is 0.526. The highest BCUT2D eigenvalue weighted by molar-refractivity contribution is 7.26. The fourth-order valence-electron chi connectivity index (χ4n) is 8.14. The van der Waals surface area contributed by atoms with E-state index in [1.165, 1.54) is 80.1 Å². The summed E-state index contributed by atoms with van der Waals surface area (Å²) in [6.45, 7) is 0. The van der Waals surface area contributed by atoms with Gasteiger partial charge in [0.15, 0.2) is 0 Å².